The van der Waals surface area contributed by atoms with Gasteiger partial charge >= 0.3 is 0 Å². The quantitative estimate of drug-likeness (QED) is 0.169. The van der Waals surface area contributed by atoms with E-state index in [0.29, 0.717) is 28.9 Å². The van der Waals surface area contributed by atoms with Gasteiger partial charge in [-0.1, -0.05) is 133 Å². The molecule has 254 valence electrons. The molecule has 10 rings (SSSR count). The first-order chi connectivity index (χ1) is 26.7. The van der Waals surface area contributed by atoms with Crippen molar-refractivity contribution in [3.8, 4) is 45.3 Å². The van der Waals surface area contributed by atoms with Crippen LogP contribution in [0.25, 0.3) is 84.1 Å². The van der Waals surface area contributed by atoms with Crippen LogP contribution in [0.15, 0.2) is 173 Å². The molecule has 0 saturated carbocycles. The Balaban J connectivity index is 1.17. The van der Waals surface area contributed by atoms with Crippen LogP contribution in [0.4, 0.5) is 5.69 Å². The molecule has 0 radical (unpaired) electrons. The van der Waals surface area contributed by atoms with E-state index in [1.54, 1.807) is 0 Å². The minimum atomic E-state index is 0.339. The Morgan fingerprint density at radius 3 is 2.04 bits per heavy atom. The first kappa shape index (κ1) is 31.2. The van der Waals surface area contributed by atoms with Crippen LogP contribution in [0.2, 0.25) is 0 Å². The first-order valence-corrected chi connectivity index (χ1v) is 17.7. The average molecular weight is 695 g/mol. The van der Waals surface area contributed by atoms with Crippen LogP contribution in [0.5, 0.6) is 0 Å². The molecular formula is C47H30N6O. The summed E-state index contributed by atoms with van der Waals surface area (Å²) in [5.74, 6) is 1.63. The molecule has 9 aromatic rings. The van der Waals surface area contributed by atoms with Gasteiger partial charge in [-0.15, -0.1) is 0 Å². The summed E-state index contributed by atoms with van der Waals surface area (Å²) in [5.41, 5.74) is 12.8. The smallest absolute Gasteiger partial charge is 0.164 e. The molecule has 2 aromatic heterocycles. The number of nitrogens with zero attached hydrogens (tertiary/aromatic N) is 4. The molecule has 0 bridgehead atoms. The standard InChI is InChI=1S/C47H30N6O/c48-44-39(53-52-33-14-5-2-6-15-33)27-26-31-24-22-30-23-25-32(28-38(30)42(31)44)45-49-46(35-17-8-7-16-34(35)29-12-3-1-4-13-29)51-47(50-45)37-19-11-21-41-43(37)36-18-9-10-20-40(36)54-41/h1-28,48,52H/b48-44?,53-39-. The van der Waals surface area contributed by atoms with Crippen LogP contribution in [-0.2, 0) is 0 Å². The molecule has 1 aliphatic rings. The summed E-state index contributed by atoms with van der Waals surface area (Å²) < 4.78 is 6.27. The molecule has 0 unspecified atom stereocenters. The number of anilines is 1. The van der Waals surface area contributed by atoms with Crippen LogP contribution in [0.1, 0.15) is 11.1 Å². The molecule has 0 fully saturated rings. The summed E-state index contributed by atoms with van der Waals surface area (Å²) in [6, 6.07) is 52.7. The molecule has 1 aliphatic carbocycles. The number of allylic oxidation sites excluding steroid dienone is 1. The van der Waals surface area contributed by atoms with Crippen molar-refractivity contribution in [2.24, 2.45) is 5.10 Å². The van der Waals surface area contributed by atoms with E-state index in [4.69, 9.17) is 19.4 Å². The SMILES string of the molecule is N=C1/C(=N\Nc2ccccc2)C=Cc2ccc3ccc(-c4nc(-c5ccccc5-c5ccccc5)nc(-c5cccc6oc7ccccc7c56)n4)cc3c21. The predicted octanol–water partition coefficient (Wildman–Crippen LogP) is 11.5. The second-order valence-corrected chi connectivity index (χ2v) is 13.1. The lowest BCUT2D eigenvalue weighted by Crippen LogP contribution is -2.18. The summed E-state index contributed by atoms with van der Waals surface area (Å²) in [6.45, 7) is 0. The van der Waals surface area contributed by atoms with Crippen molar-refractivity contribution in [3.63, 3.8) is 0 Å². The fourth-order valence-electron chi connectivity index (χ4n) is 7.26. The van der Waals surface area contributed by atoms with E-state index in [1.807, 2.05) is 115 Å². The average Bonchev–Trinajstić information content (AvgIpc) is 3.63. The Hall–Kier alpha value is -7.51. The van der Waals surface area contributed by atoms with Crippen molar-refractivity contribution in [2.75, 3.05) is 5.43 Å². The second kappa shape index (κ2) is 12.9. The summed E-state index contributed by atoms with van der Waals surface area (Å²) in [4.78, 5) is 15.6. The number of aromatic nitrogens is 3. The van der Waals surface area contributed by atoms with E-state index in [0.717, 1.165) is 77.3 Å². The number of benzene rings is 7. The van der Waals surface area contributed by atoms with Gasteiger partial charge in [0.15, 0.2) is 17.5 Å². The molecule has 2 heterocycles. The Bertz CT molecular complexity index is 2980. The largest absolute Gasteiger partial charge is 0.456 e. The van der Waals surface area contributed by atoms with Gasteiger partial charge in [-0.2, -0.15) is 5.10 Å². The fourth-order valence-corrected chi connectivity index (χ4v) is 7.26. The minimum absolute atomic E-state index is 0.339. The molecule has 7 nitrogen and oxygen atoms in total. The van der Waals surface area contributed by atoms with Crippen molar-refractivity contribution in [2.45, 2.75) is 0 Å². The molecule has 7 aromatic carbocycles. The maximum absolute atomic E-state index is 9.30. The van der Waals surface area contributed by atoms with Gasteiger partial charge in [0.2, 0.25) is 0 Å². The van der Waals surface area contributed by atoms with E-state index in [-0.39, 0.29) is 0 Å². The van der Waals surface area contributed by atoms with Gasteiger partial charge in [-0.3, -0.25) is 10.8 Å². The number of nitrogens with one attached hydrogen (secondary N) is 2. The van der Waals surface area contributed by atoms with Gasteiger partial charge < -0.3 is 4.42 Å². The van der Waals surface area contributed by atoms with Crippen LogP contribution in [0.3, 0.4) is 0 Å². The van der Waals surface area contributed by atoms with Gasteiger partial charge in [0.1, 0.15) is 16.9 Å². The van der Waals surface area contributed by atoms with Crippen LogP contribution in [-0.4, -0.2) is 26.4 Å². The number of para-hydroxylation sites is 2. The number of hydrazone groups is 1. The minimum Gasteiger partial charge on any atom is -0.456 e. The number of fused-ring (bicyclic) bond motifs is 6. The third-order valence-electron chi connectivity index (χ3n) is 9.85. The monoisotopic (exact) mass is 694 g/mol. The lowest BCUT2D eigenvalue weighted by molar-refractivity contribution is 0.669. The molecule has 0 amide bonds. The molecular weight excluding hydrogens is 665 g/mol. The van der Waals surface area contributed by atoms with Gasteiger partial charge in [0, 0.05) is 33.0 Å². The van der Waals surface area contributed by atoms with E-state index in [9.17, 15) is 5.41 Å². The highest BCUT2D eigenvalue weighted by Crippen LogP contribution is 2.38. The second-order valence-electron chi connectivity index (χ2n) is 13.1. The van der Waals surface area contributed by atoms with E-state index >= 15 is 0 Å². The number of rotatable bonds is 6. The highest BCUT2D eigenvalue weighted by molar-refractivity contribution is 6.55. The number of hydrogen-bond acceptors (Lipinski definition) is 7. The summed E-state index contributed by atoms with van der Waals surface area (Å²) in [6.07, 6.45) is 3.89. The van der Waals surface area contributed by atoms with Crippen LogP contribution >= 0.6 is 0 Å². The molecule has 0 saturated heterocycles. The van der Waals surface area contributed by atoms with Crippen molar-refractivity contribution in [1.29, 1.82) is 5.41 Å². The van der Waals surface area contributed by atoms with Gasteiger partial charge in [-0.05, 0) is 63.9 Å². The normalized spacial score (nSPS) is 13.2. The zero-order valence-electron chi connectivity index (χ0n) is 28.9. The van der Waals surface area contributed by atoms with Crippen molar-refractivity contribution < 1.29 is 4.42 Å². The maximum atomic E-state index is 9.30. The topological polar surface area (TPSA) is 100 Å². The predicted molar refractivity (Wildman–Crippen MR) is 220 cm³/mol. The lowest BCUT2D eigenvalue weighted by atomic mass is 9.88. The lowest BCUT2D eigenvalue weighted by Gasteiger charge is -2.17. The Morgan fingerprint density at radius 2 is 1.19 bits per heavy atom. The first-order valence-electron chi connectivity index (χ1n) is 17.7. The third-order valence-corrected chi connectivity index (χ3v) is 9.85. The molecule has 0 spiro atoms. The molecule has 0 atom stereocenters. The number of furan rings is 1. The Kier molecular flexibility index (Phi) is 7.47. The van der Waals surface area contributed by atoms with Crippen LogP contribution < -0.4 is 5.43 Å². The fraction of sp³-hybridized carbons (Fsp3) is 0. The van der Waals surface area contributed by atoms with Crippen molar-refractivity contribution in [1.82, 2.24) is 15.0 Å². The summed E-state index contributed by atoms with van der Waals surface area (Å²) >= 11 is 0. The van der Waals surface area contributed by atoms with Gasteiger partial charge in [-0.25, -0.2) is 15.0 Å². The third kappa shape index (κ3) is 5.43. The molecule has 54 heavy (non-hydrogen) atoms. The number of hydrogen-bond donors (Lipinski definition) is 2. The van der Waals surface area contributed by atoms with E-state index < -0.39 is 0 Å². The van der Waals surface area contributed by atoms with Gasteiger partial charge in [0.05, 0.1) is 11.4 Å². The van der Waals surface area contributed by atoms with Crippen molar-refractivity contribution in [3.05, 3.63) is 175 Å². The van der Waals surface area contributed by atoms with Gasteiger partial charge in [0.25, 0.3) is 0 Å². The molecule has 0 aliphatic heterocycles. The Labute approximate surface area is 310 Å². The summed E-state index contributed by atoms with van der Waals surface area (Å²) in [5, 5.41) is 17.8. The molecule has 2 N–H and O–H groups in total. The summed E-state index contributed by atoms with van der Waals surface area (Å²) in [7, 11) is 0. The highest BCUT2D eigenvalue weighted by Gasteiger charge is 2.22. The van der Waals surface area contributed by atoms with E-state index in [2.05, 4.69) is 65.1 Å². The zero-order valence-corrected chi connectivity index (χ0v) is 28.9. The van der Waals surface area contributed by atoms with E-state index in [1.165, 1.54) is 0 Å². The maximum Gasteiger partial charge on any atom is 0.164 e. The van der Waals surface area contributed by atoms with Crippen LogP contribution in [0, 0.1) is 5.41 Å². The van der Waals surface area contributed by atoms with Crippen molar-refractivity contribution >= 4 is 55.9 Å². The molecule has 7 heteroatoms. The Morgan fingerprint density at radius 1 is 0.519 bits per heavy atom. The highest BCUT2D eigenvalue weighted by atomic mass is 16.3. The zero-order chi connectivity index (χ0) is 36.0.